The summed E-state index contributed by atoms with van der Waals surface area (Å²) in [4.78, 5) is 15.2. The van der Waals surface area contributed by atoms with Crippen LogP contribution < -0.4 is 0 Å². The highest BCUT2D eigenvalue weighted by Gasteiger charge is 2.28. The number of benzene rings is 1. The number of aliphatic hydroxyl groups excluding tert-OH is 1. The number of carbonyl (C=O) groups is 1. The highest BCUT2D eigenvalue weighted by atomic mass is 35.5. The molecule has 5 heteroatoms. The predicted octanol–water partition coefficient (Wildman–Crippen LogP) is 3.20. The van der Waals surface area contributed by atoms with Gasteiger partial charge < -0.3 is 10.0 Å². The zero-order chi connectivity index (χ0) is 14.4. The Morgan fingerprint density at radius 3 is 2.75 bits per heavy atom. The first kappa shape index (κ1) is 15.7. The van der Waals surface area contributed by atoms with Crippen LogP contribution in [0.4, 0.5) is 0 Å². The molecule has 1 aliphatic rings. The van der Waals surface area contributed by atoms with Crippen LogP contribution in [0.5, 0.6) is 0 Å². The lowest BCUT2D eigenvalue weighted by Crippen LogP contribution is -2.45. The smallest absolute Gasteiger partial charge is 0.233 e. The van der Waals surface area contributed by atoms with Gasteiger partial charge in [-0.15, -0.1) is 11.8 Å². The summed E-state index contributed by atoms with van der Waals surface area (Å²) in [7, 11) is 0. The van der Waals surface area contributed by atoms with Crippen molar-refractivity contribution in [1.29, 1.82) is 0 Å². The Hall–Kier alpha value is -0.710. The average Bonchev–Trinajstić information content (AvgIpc) is 2.40. The second-order valence-electron chi connectivity index (χ2n) is 4.97. The number of hydrogen-bond donors (Lipinski definition) is 1. The van der Waals surface area contributed by atoms with E-state index in [4.69, 9.17) is 16.7 Å². The van der Waals surface area contributed by atoms with Crippen LogP contribution >= 0.6 is 23.4 Å². The van der Waals surface area contributed by atoms with Crippen LogP contribution in [0.15, 0.2) is 29.2 Å². The number of amides is 1. The Morgan fingerprint density at radius 1 is 1.40 bits per heavy atom. The molecule has 0 aromatic heterocycles. The molecule has 1 N–H and O–H groups in total. The summed E-state index contributed by atoms with van der Waals surface area (Å²) in [5, 5.41) is 9.64. The minimum Gasteiger partial charge on any atom is -0.396 e. The second-order valence-corrected chi connectivity index (χ2v) is 6.39. The van der Waals surface area contributed by atoms with E-state index in [9.17, 15) is 4.79 Å². The van der Waals surface area contributed by atoms with E-state index in [1.54, 1.807) is 0 Å². The van der Waals surface area contributed by atoms with E-state index in [-0.39, 0.29) is 12.5 Å². The number of rotatable bonds is 7. The first-order valence-electron chi connectivity index (χ1n) is 7.00. The molecule has 0 heterocycles. The lowest BCUT2D eigenvalue weighted by molar-refractivity contribution is -0.132. The van der Waals surface area contributed by atoms with Crippen molar-refractivity contribution in [2.24, 2.45) is 0 Å². The van der Waals surface area contributed by atoms with Crippen molar-refractivity contribution < 1.29 is 9.90 Å². The molecule has 3 nitrogen and oxygen atoms in total. The van der Waals surface area contributed by atoms with Crippen molar-refractivity contribution in [1.82, 2.24) is 4.90 Å². The topological polar surface area (TPSA) is 40.5 Å². The third-order valence-electron chi connectivity index (χ3n) is 3.58. The van der Waals surface area contributed by atoms with Crippen LogP contribution in [0.2, 0.25) is 5.02 Å². The minimum atomic E-state index is 0.133. The largest absolute Gasteiger partial charge is 0.396 e. The molecule has 1 fully saturated rings. The van der Waals surface area contributed by atoms with Gasteiger partial charge in [-0.05, 0) is 37.8 Å². The summed E-state index contributed by atoms with van der Waals surface area (Å²) in [5.74, 6) is 0.555. The van der Waals surface area contributed by atoms with Gasteiger partial charge in [-0.1, -0.05) is 23.7 Å². The van der Waals surface area contributed by atoms with Gasteiger partial charge in [-0.3, -0.25) is 4.79 Å². The third-order valence-corrected chi connectivity index (χ3v) is 5.08. The molecule has 0 atom stereocenters. The fraction of sp³-hybridized carbons (Fsp3) is 0.533. The first-order chi connectivity index (χ1) is 9.72. The highest BCUT2D eigenvalue weighted by molar-refractivity contribution is 8.00. The molecule has 0 radical (unpaired) electrons. The molecule has 1 saturated carbocycles. The summed E-state index contributed by atoms with van der Waals surface area (Å²) in [5.41, 5.74) is 0. The Balaban J connectivity index is 1.89. The molecule has 0 spiro atoms. The van der Waals surface area contributed by atoms with Crippen LogP contribution in [-0.4, -0.2) is 40.9 Å². The standard InChI is InChI=1S/C15H20ClNO2S/c16-13-7-1-2-8-14(13)20-11-15(19)17(9-4-10-18)12-5-3-6-12/h1-2,7-8,12,18H,3-6,9-11H2. The van der Waals surface area contributed by atoms with E-state index in [1.165, 1.54) is 18.2 Å². The van der Waals surface area contributed by atoms with E-state index < -0.39 is 0 Å². The van der Waals surface area contributed by atoms with Gasteiger partial charge in [0.25, 0.3) is 0 Å². The average molecular weight is 314 g/mol. The number of aliphatic hydroxyl groups is 1. The summed E-state index contributed by atoms with van der Waals surface area (Å²) in [6.07, 6.45) is 4.03. The van der Waals surface area contributed by atoms with Crippen LogP contribution in [-0.2, 0) is 4.79 Å². The Bertz CT molecular complexity index is 451. The van der Waals surface area contributed by atoms with Crippen LogP contribution in [0.25, 0.3) is 0 Å². The zero-order valence-electron chi connectivity index (χ0n) is 11.4. The lowest BCUT2D eigenvalue weighted by Gasteiger charge is -2.37. The molecule has 1 aromatic rings. The zero-order valence-corrected chi connectivity index (χ0v) is 13.0. The SMILES string of the molecule is O=C(CSc1ccccc1Cl)N(CCCO)C1CCC1. The molecule has 110 valence electrons. The fourth-order valence-electron chi connectivity index (χ4n) is 2.23. The van der Waals surface area contributed by atoms with Gasteiger partial charge in [0, 0.05) is 24.1 Å². The molecule has 0 saturated heterocycles. The van der Waals surface area contributed by atoms with Crippen LogP contribution in [0.3, 0.4) is 0 Å². The van der Waals surface area contributed by atoms with Crippen molar-refractivity contribution in [2.75, 3.05) is 18.9 Å². The van der Waals surface area contributed by atoms with Crippen LogP contribution in [0, 0.1) is 0 Å². The van der Waals surface area contributed by atoms with Gasteiger partial charge in [-0.2, -0.15) is 0 Å². The summed E-state index contributed by atoms with van der Waals surface area (Å²) >= 11 is 7.58. The van der Waals surface area contributed by atoms with Crippen molar-refractivity contribution in [3.8, 4) is 0 Å². The van der Waals surface area contributed by atoms with E-state index in [1.807, 2.05) is 29.2 Å². The van der Waals surface area contributed by atoms with Gasteiger partial charge in [0.1, 0.15) is 0 Å². The van der Waals surface area contributed by atoms with Crippen LogP contribution in [0.1, 0.15) is 25.7 Å². The number of thioether (sulfide) groups is 1. The lowest BCUT2D eigenvalue weighted by atomic mass is 9.91. The van der Waals surface area contributed by atoms with E-state index in [0.717, 1.165) is 17.7 Å². The Labute approximate surface area is 129 Å². The fourth-order valence-corrected chi connectivity index (χ4v) is 3.36. The molecule has 0 bridgehead atoms. The molecule has 20 heavy (non-hydrogen) atoms. The summed E-state index contributed by atoms with van der Waals surface area (Å²) in [6.45, 7) is 0.789. The Kier molecular flexibility index (Phi) is 6.20. The predicted molar refractivity (Wildman–Crippen MR) is 83.2 cm³/mol. The van der Waals surface area contributed by atoms with E-state index in [0.29, 0.717) is 29.8 Å². The third kappa shape index (κ3) is 4.14. The number of nitrogens with zero attached hydrogens (tertiary/aromatic N) is 1. The maximum Gasteiger partial charge on any atom is 0.233 e. The van der Waals surface area contributed by atoms with Crippen molar-refractivity contribution in [3.05, 3.63) is 29.3 Å². The molecule has 1 aliphatic carbocycles. The molecular formula is C15H20ClNO2S. The first-order valence-corrected chi connectivity index (χ1v) is 8.36. The molecule has 2 rings (SSSR count). The van der Waals surface area contributed by atoms with Gasteiger partial charge in [0.15, 0.2) is 0 Å². The number of carbonyl (C=O) groups excluding carboxylic acids is 1. The van der Waals surface area contributed by atoms with Gasteiger partial charge in [0.2, 0.25) is 5.91 Å². The maximum absolute atomic E-state index is 12.3. The Morgan fingerprint density at radius 2 is 2.15 bits per heavy atom. The summed E-state index contributed by atoms with van der Waals surface area (Å²) < 4.78 is 0. The molecule has 0 unspecified atom stereocenters. The quantitative estimate of drug-likeness (QED) is 0.786. The number of hydrogen-bond acceptors (Lipinski definition) is 3. The van der Waals surface area contributed by atoms with Gasteiger partial charge in [0.05, 0.1) is 10.8 Å². The molecule has 1 amide bonds. The minimum absolute atomic E-state index is 0.133. The van der Waals surface area contributed by atoms with E-state index >= 15 is 0 Å². The molecule has 1 aromatic carbocycles. The summed E-state index contributed by atoms with van der Waals surface area (Å²) in [6, 6.07) is 7.95. The van der Waals surface area contributed by atoms with Gasteiger partial charge in [-0.25, -0.2) is 0 Å². The maximum atomic E-state index is 12.3. The normalized spacial score (nSPS) is 14.9. The molecule has 0 aliphatic heterocycles. The second kappa shape index (κ2) is 7.91. The number of halogens is 1. The van der Waals surface area contributed by atoms with Crippen molar-refractivity contribution in [3.63, 3.8) is 0 Å². The highest BCUT2D eigenvalue weighted by Crippen LogP contribution is 2.29. The molecular weight excluding hydrogens is 294 g/mol. The van der Waals surface area contributed by atoms with Crippen molar-refractivity contribution in [2.45, 2.75) is 36.6 Å². The van der Waals surface area contributed by atoms with Crippen molar-refractivity contribution >= 4 is 29.3 Å². The van der Waals surface area contributed by atoms with Gasteiger partial charge >= 0.3 is 0 Å². The monoisotopic (exact) mass is 313 g/mol. The van der Waals surface area contributed by atoms with E-state index in [2.05, 4.69) is 0 Å².